The average Bonchev–Trinajstić information content (AvgIpc) is 3.32. The number of fused-ring (bicyclic) bond motifs is 1. The molecule has 1 fully saturated rings. The van der Waals surface area contributed by atoms with Gasteiger partial charge in [0.15, 0.2) is 0 Å². The number of halogens is 3. The summed E-state index contributed by atoms with van der Waals surface area (Å²) in [6.07, 6.45) is -3.14. The first-order valence-corrected chi connectivity index (χ1v) is 12.7. The number of imidazole rings is 1. The number of amides is 1. The molecule has 0 unspecified atom stereocenters. The van der Waals surface area contributed by atoms with E-state index in [0.29, 0.717) is 5.56 Å². The van der Waals surface area contributed by atoms with Gasteiger partial charge in [0.25, 0.3) is 5.91 Å². The first kappa shape index (κ1) is 24.8. The maximum absolute atomic E-state index is 13.0. The van der Waals surface area contributed by atoms with Crippen molar-refractivity contribution in [2.45, 2.75) is 11.3 Å². The van der Waals surface area contributed by atoms with E-state index < -0.39 is 22.1 Å². The molecular formula is C25H21F3N4O4S. The quantitative estimate of drug-likeness (QED) is 0.389. The van der Waals surface area contributed by atoms with Crippen molar-refractivity contribution in [1.29, 1.82) is 0 Å². The van der Waals surface area contributed by atoms with E-state index in [1.54, 1.807) is 23.4 Å². The number of para-hydroxylation sites is 2. The summed E-state index contributed by atoms with van der Waals surface area (Å²) in [6.45, 7) is 0.491. The number of aromatic nitrogens is 2. The van der Waals surface area contributed by atoms with Gasteiger partial charge in [-0.25, -0.2) is 13.4 Å². The topological polar surface area (TPSA) is 84.7 Å². The van der Waals surface area contributed by atoms with Crippen LogP contribution in [0.4, 0.5) is 13.2 Å². The summed E-state index contributed by atoms with van der Waals surface area (Å²) >= 11 is 0. The molecule has 1 aliphatic rings. The van der Waals surface area contributed by atoms with Crippen LogP contribution in [0.2, 0.25) is 0 Å². The van der Waals surface area contributed by atoms with E-state index in [1.165, 1.54) is 4.31 Å². The highest BCUT2D eigenvalue weighted by atomic mass is 32.2. The number of hydrogen-bond donors (Lipinski definition) is 0. The van der Waals surface area contributed by atoms with Crippen LogP contribution in [0.3, 0.4) is 0 Å². The summed E-state index contributed by atoms with van der Waals surface area (Å²) in [4.78, 5) is 18.8. The van der Waals surface area contributed by atoms with Crippen LogP contribution in [0.15, 0.2) is 84.0 Å². The number of ether oxygens (including phenoxy) is 1. The third kappa shape index (κ3) is 5.16. The largest absolute Gasteiger partial charge is 0.573 e. The molecule has 0 spiro atoms. The lowest BCUT2D eigenvalue weighted by Crippen LogP contribution is -2.50. The zero-order valence-electron chi connectivity index (χ0n) is 19.3. The zero-order chi connectivity index (χ0) is 26.2. The van der Waals surface area contributed by atoms with E-state index in [2.05, 4.69) is 9.72 Å². The van der Waals surface area contributed by atoms with Gasteiger partial charge >= 0.3 is 6.36 Å². The predicted molar refractivity (Wildman–Crippen MR) is 129 cm³/mol. The summed E-state index contributed by atoms with van der Waals surface area (Å²) in [5.74, 6) is -0.721. The van der Waals surface area contributed by atoms with Gasteiger partial charge in [-0.2, -0.15) is 4.31 Å². The monoisotopic (exact) mass is 530 g/mol. The number of rotatable bonds is 5. The first-order valence-electron chi connectivity index (χ1n) is 11.3. The summed E-state index contributed by atoms with van der Waals surface area (Å²) in [5, 5.41) is 0. The average molecular weight is 531 g/mol. The Morgan fingerprint density at radius 1 is 0.865 bits per heavy atom. The minimum atomic E-state index is -4.86. The molecular weight excluding hydrogens is 509 g/mol. The van der Waals surface area contributed by atoms with Gasteiger partial charge in [-0.05, 0) is 60.7 Å². The summed E-state index contributed by atoms with van der Waals surface area (Å²) in [7, 11) is -3.94. The fourth-order valence-corrected chi connectivity index (χ4v) is 5.63. The molecule has 4 aromatic rings. The lowest BCUT2D eigenvalue weighted by Gasteiger charge is -2.34. The molecule has 0 bridgehead atoms. The van der Waals surface area contributed by atoms with Crippen LogP contribution in [-0.2, 0) is 10.0 Å². The Bertz CT molecular complexity index is 1530. The summed E-state index contributed by atoms with van der Waals surface area (Å²) in [6, 6.07) is 18.9. The Balaban J connectivity index is 1.23. The SMILES string of the molecule is O=C(c1ccc(-n2cnc3ccccc32)cc1)N1CCN(S(=O)(=O)c2ccc(OC(F)(F)F)cc2)CC1. The Labute approximate surface area is 210 Å². The number of benzene rings is 3. The second-order valence-electron chi connectivity index (χ2n) is 8.37. The van der Waals surface area contributed by atoms with E-state index in [-0.39, 0.29) is 37.0 Å². The number of nitrogens with zero attached hydrogens (tertiary/aromatic N) is 4. The fourth-order valence-electron chi connectivity index (χ4n) is 4.21. The van der Waals surface area contributed by atoms with Crippen LogP contribution in [0.25, 0.3) is 16.7 Å². The van der Waals surface area contributed by atoms with Crippen LogP contribution >= 0.6 is 0 Å². The van der Waals surface area contributed by atoms with Gasteiger partial charge < -0.3 is 9.64 Å². The van der Waals surface area contributed by atoms with Crippen LogP contribution in [0, 0.1) is 0 Å². The lowest BCUT2D eigenvalue weighted by molar-refractivity contribution is -0.274. The van der Waals surface area contributed by atoms with Gasteiger partial charge in [-0.1, -0.05) is 12.1 Å². The third-order valence-electron chi connectivity index (χ3n) is 6.07. The molecule has 192 valence electrons. The lowest BCUT2D eigenvalue weighted by atomic mass is 10.1. The number of carbonyl (C=O) groups is 1. The van der Waals surface area contributed by atoms with Gasteiger partial charge in [0, 0.05) is 37.4 Å². The number of carbonyl (C=O) groups excluding carboxylic acids is 1. The van der Waals surface area contributed by atoms with Crippen molar-refractivity contribution < 1.29 is 31.1 Å². The van der Waals surface area contributed by atoms with Gasteiger partial charge in [0.1, 0.15) is 12.1 Å². The van der Waals surface area contributed by atoms with Crippen molar-refractivity contribution in [3.63, 3.8) is 0 Å². The molecule has 0 saturated carbocycles. The Morgan fingerprint density at radius 2 is 1.51 bits per heavy atom. The van der Waals surface area contributed by atoms with E-state index >= 15 is 0 Å². The second-order valence-corrected chi connectivity index (χ2v) is 10.3. The molecule has 0 atom stereocenters. The van der Waals surface area contributed by atoms with Gasteiger partial charge in [-0.15, -0.1) is 13.2 Å². The molecule has 1 aromatic heterocycles. The van der Waals surface area contributed by atoms with Crippen molar-refractivity contribution >= 4 is 27.0 Å². The van der Waals surface area contributed by atoms with Crippen molar-refractivity contribution in [1.82, 2.24) is 18.8 Å². The van der Waals surface area contributed by atoms with Crippen molar-refractivity contribution in [2.75, 3.05) is 26.2 Å². The molecule has 0 N–H and O–H groups in total. The zero-order valence-corrected chi connectivity index (χ0v) is 20.1. The normalized spacial score (nSPS) is 15.2. The highest BCUT2D eigenvalue weighted by molar-refractivity contribution is 7.89. The van der Waals surface area contributed by atoms with E-state index in [9.17, 15) is 26.4 Å². The predicted octanol–water partition coefficient (Wildman–Crippen LogP) is 4.07. The number of hydrogen-bond acceptors (Lipinski definition) is 5. The molecule has 5 rings (SSSR count). The maximum atomic E-state index is 13.0. The molecule has 37 heavy (non-hydrogen) atoms. The van der Waals surface area contributed by atoms with Crippen LogP contribution in [0.5, 0.6) is 5.75 Å². The number of sulfonamides is 1. The maximum Gasteiger partial charge on any atom is 0.573 e. The number of alkyl halides is 3. The van der Waals surface area contributed by atoms with Crippen molar-refractivity contribution in [3.8, 4) is 11.4 Å². The van der Waals surface area contributed by atoms with Gasteiger partial charge in [-0.3, -0.25) is 9.36 Å². The Hall–Kier alpha value is -3.90. The first-order chi connectivity index (χ1) is 17.6. The third-order valence-corrected chi connectivity index (χ3v) is 7.98. The van der Waals surface area contributed by atoms with E-state index in [0.717, 1.165) is 41.0 Å². The van der Waals surface area contributed by atoms with Crippen molar-refractivity contribution in [3.05, 3.63) is 84.7 Å². The second kappa shape index (κ2) is 9.52. The summed E-state index contributed by atoms with van der Waals surface area (Å²) < 4.78 is 69.8. The minimum absolute atomic E-state index is 0.0635. The standard InChI is InChI=1S/C25H21F3N4O4S/c26-25(27,28)36-20-9-11-21(12-10-20)37(34,35)31-15-13-30(14-16-31)24(33)18-5-7-19(8-6-18)32-17-29-22-3-1-2-4-23(22)32/h1-12,17H,13-16H2. The van der Waals surface area contributed by atoms with E-state index in [1.807, 2.05) is 41.0 Å². The smallest absolute Gasteiger partial charge is 0.406 e. The number of piperazine rings is 1. The van der Waals surface area contributed by atoms with Crippen molar-refractivity contribution in [2.24, 2.45) is 0 Å². The van der Waals surface area contributed by atoms with Crippen LogP contribution < -0.4 is 4.74 Å². The molecule has 1 aliphatic heterocycles. The van der Waals surface area contributed by atoms with Gasteiger partial charge in [0.2, 0.25) is 10.0 Å². The molecule has 1 amide bonds. The highest BCUT2D eigenvalue weighted by Crippen LogP contribution is 2.26. The van der Waals surface area contributed by atoms with Crippen LogP contribution in [-0.4, -0.2) is 65.6 Å². The van der Waals surface area contributed by atoms with Crippen LogP contribution in [0.1, 0.15) is 10.4 Å². The molecule has 0 aliphatic carbocycles. The highest BCUT2D eigenvalue weighted by Gasteiger charge is 2.33. The molecule has 12 heteroatoms. The minimum Gasteiger partial charge on any atom is -0.406 e. The molecule has 8 nitrogen and oxygen atoms in total. The molecule has 2 heterocycles. The fraction of sp³-hybridized carbons (Fsp3) is 0.200. The van der Waals surface area contributed by atoms with Gasteiger partial charge in [0.05, 0.1) is 15.9 Å². The Morgan fingerprint density at radius 3 is 2.16 bits per heavy atom. The molecule has 3 aromatic carbocycles. The summed E-state index contributed by atoms with van der Waals surface area (Å²) in [5.41, 5.74) is 3.14. The molecule has 0 radical (unpaired) electrons. The Kier molecular flexibility index (Phi) is 6.38. The van der Waals surface area contributed by atoms with E-state index in [4.69, 9.17) is 0 Å². The molecule has 1 saturated heterocycles.